The van der Waals surface area contributed by atoms with Crippen molar-refractivity contribution in [2.24, 2.45) is 0 Å². The molecule has 25 heavy (non-hydrogen) atoms. The van der Waals surface area contributed by atoms with Gasteiger partial charge < -0.3 is 4.90 Å². The summed E-state index contributed by atoms with van der Waals surface area (Å²) in [4.78, 5) is 14.0. The highest BCUT2D eigenvalue weighted by atomic mass is 32.2. The van der Waals surface area contributed by atoms with E-state index in [2.05, 4.69) is 4.72 Å². The normalized spacial score (nSPS) is 11.4. The summed E-state index contributed by atoms with van der Waals surface area (Å²) >= 11 is 0. The van der Waals surface area contributed by atoms with E-state index in [0.717, 1.165) is 0 Å². The predicted molar refractivity (Wildman–Crippen MR) is 92.9 cm³/mol. The summed E-state index contributed by atoms with van der Waals surface area (Å²) < 4.78 is 27.1. The standard InChI is InChI=1S/C17H22N4O3S/c1-17(2,3)20-25(23,24)15-8-6-14(7-9-15)16(22)21(12-4-10-18)13-5-11-19/h6-9,20H,4-5,12-13H2,1-3H3. The van der Waals surface area contributed by atoms with E-state index in [0.29, 0.717) is 5.56 Å². The van der Waals surface area contributed by atoms with Gasteiger partial charge in [0.05, 0.1) is 29.9 Å². The van der Waals surface area contributed by atoms with Gasteiger partial charge in [0.15, 0.2) is 0 Å². The van der Waals surface area contributed by atoms with Crippen LogP contribution in [0.1, 0.15) is 44.0 Å². The zero-order valence-electron chi connectivity index (χ0n) is 14.6. The van der Waals surface area contributed by atoms with Gasteiger partial charge in [0.2, 0.25) is 10.0 Å². The van der Waals surface area contributed by atoms with Gasteiger partial charge >= 0.3 is 0 Å². The number of hydrogen-bond acceptors (Lipinski definition) is 5. The van der Waals surface area contributed by atoms with Crippen LogP contribution in [0.5, 0.6) is 0 Å². The molecule has 0 aromatic heterocycles. The average Bonchev–Trinajstić information content (AvgIpc) is 2.52. The van der Waals surface area contributed by atoms with E-state index < -0.39 is 15.6 Å². The molecule has 0 fully saturated rings. The van der Waals surface area contributed by atoms with Crippen LogP contribution in [-0.2, 0) is 10.0 Å². The van der Waals surface area contributed by atoms with Crippen LogP contribution in [0.3, 0.4) is 0 Å². The molecule has 1 amide bonds. The van der Waals surface area contributed by atoms with Crippen molar-refractivity contribution in [2.45, 2.75) is 44.0 Å². The second-order valence-corrected chi connectivity index (χ2v) is 8.17. The highest BCUT2D eigenvalue weighted by molar-refractivity contribution is 7.89. The van der Waals surface area contributed by atoms with Gasteiger partial charge in [-0.25, -0.2) is 13.1 Å². The molecule has 0 spiro atoms. The summed E-state index contributed by atoms with van der Waals surface area (Å²) in [7, 11) is -3.67. The Labute approximate surface area is 148 Å². The lowest BCUT2D eigenvalue weighted by Crippen LogP contribution is -2.40. The van der Waals surface area contributed by atoms with Gasteiger partial charge in [-0.05, 0) is 45.0 Å². The van der Waals surface area contributed by atoms with E-state index >= 15 is 0 Å². The van der Waals surface area contributed by atoms with Crippen molar-refractivity contribution >= 4 is 15.9 Å². The molecule has 1 aromatic rings. The fourth-order valence-corrected chi connectivity index (χ4v) is 3.52. The molecule has 8 heteroatoms. The van der Waals surface area contributed by atoms with E-state index in [1.54, 1.807) is 20.8 Å². The summed E-state index contributed by atoms with van der Waals surface area (Å²) in [6, 6.07) is 9.54. The Kier molecular flexibility index (Phi) is 7.10. The molecule has 0 atom stereocenters. The third-order valence-corrected chi connectivity index (χ3v) is 4.90. The molecule has 0 aliphatic carbocycles. The highest BCUT2D eigenvalue weighted by Crippen LogP contribution is 2.15. The molecule has 0 saturated carbocycles. The molecule has 0 unspecified atom stereocenters. The fourth-order valence-electron chi connectivity index (χ4n) is 2.11. The Morgan fingerprint density at radius 1 is 1.08 bits per heavy atom. The van der Waals surface area contributed by atoms with Gasteiger partial charge in [-0.2, -0.15) is 10.5 Å². The summed E-state index contributed by atoms with van der Waals surface area (Å²) in [5, 5.41) is 17.4. The van der Waals surface area contributed by atoms with Crippen molar-refractivity contribution in [1.82, 2.24) is 9.62 Å². The van der Waals surface area contributed by atoms with Crippen LogP contribution < -0.4 is 4.72 Å². The molecule has 134 valence electrons. The first kappa shape index (κ1) is 20.6. The van der Waals surface area contributed by atoms with Crippen molar-refractivity contribution in [3.8, 4) is 12.1 Å². The quantitative estimate of drug-likeness (QED) is 0.797. The number of rotatable bonds is 7. The summed E-state index contributed by atoms with van der Waals surface area (Å²) in [6.07, 6.45) is 0.332. The Morgan fingerprint density at radius 2 is 1.56 bits per heavy atom. The summed E-state index contributed by atoms with van der Waals surface area (Å²) in [5.74, 6) is -0.335. The fraction of sp³-hybridized carbons (Fsp3) is 0.471. The minimum Gasteiger partial charge on any atom is -0.337 e. The molecule has 1 aromatic carbocycles. The first-order valence-corrected chi connectivity index (χ1v) is 9.26. The maximum Gasteiger partial charge on any atom is 0.253 e. The zero-order valence-corrected chi connectivity index (χ0v) is 15.4. The zero-order chi connectivity index (χ0) is 19.1. The Morgan fingerprint density at radius 3 is 1.96 bits per heavy atom. The molecular weight excluding hydrogens is 340 g/mol. The third-order valence-electron chi connectivity index (χ3n) is 3.13. The van der Waals surface area contributed by atoms with E-state index in [1.807, 2.05) is 12.1 Å². The topological polar surface area (TPSA) is 114 Å². The van der Waals surface area contributed by atoms with E-state index in [-0.39, 0.29) is 36.7 Å². The van der Waals surface area contributed by atoms with E-state index in [9.17, 15) is 13.2 Å². The predicted octanol–water partition coefficient (Wildman–Crippen LogP) is 2.03. The Bertz CT molecular complexity index is 763. The molecule has 0 heterocycles. The third kappa shape index (κ3) is 6.54. The van der Waals surface area contributed by atoms with Crippen LogP contribution in [0.4, 0.5) is 0 Å². The number of carbonyl (C=O) groups excluding carboxylic acids is 1. The number of nitriles is 2. The van der Waals surface area contributed by atoms with Crippen LogP contribution in [0.2, 0.25) is 0 Å². The van der Waals surface area contributed by atoms with Crippen LogP contribution in [0.15, 0.2) is 29.2 Å². The lowest BCUT2D eigenvalue weighted by molar-refractivity contribution is 0.0762. The lowest BCUT2D eigenvalue weighted by Gasteiger charge is -2.21. The van der Waals surface area contributed by atoms with Crippen LogP contribution in [0, 0.1) is 22.7 Å². The van der Waals surface area contributed by atoms with Crippen molar-refractivity contribution in [2.75, 3.05) is 13.1 Å². The van der Waals surface area contributed by atoms with Crippen molar-refractivity contribution in [1.29, 1.82) is 10.5 Å². The first-order chi connectivity index (χ1) is 11.6. The van der Waals surface area contributed by atoms with E-state index in [4.69, 9.17) is 10.5 Å². The van der Waals surface area contributed by atoms with Gasteiger partial charge in [-0.1, -0.05) is 0 Å². The maximum absolute atomic E-state index is 12.5. The number of hydrogen-bond donors (Lipinski definition) is 1. The second kappa shape index (κ2) is 8.61. The van der Waals surface area contributed by atoms with Crippen LogP contribution in [-0.4, -0.2) is 37.9 Å². The average molecular weight is 362 g/mol. The number of nitrogens with zero attached hydrogens (tertiary/aromatic N) is 3. The molecule has 0 aliphatic heterocycles. The maximum atomic E-state index is 12.5. The molecule has 0 bridgehead atoms. The number of carbonyl (C=O) groups is 1. The molecule has 1 N–H and O–H groups in total. The minimum atomic E-state index is -3.67. The lowest BCUT2D eigenvalue weighted by atomic mass is 10.1. The number of sulfonamides is 1. The minimum absolute atomic E-state index is 0.0691. The summed E-state index contributed by atoms with van der Waals surface area (Å²) in [5.41, 5.74) is -0.302. The number of benzene rings is 1. The second-order valence-electron chi connectivity index (χ2n) is 6.49. The van der Waals surface area contributed by atoms with Gasteiger partial charge in [-0.3, -0.25) is 4.79 Å². The SMILES string of the molecule is CC(C)(C)NS(=O)(=O)c1ccc(C(=O)N(CCC#N)CCC#N)cc1. The van der Waals surface area contributed by atoms with Crippen molar-refractivity contribution in [3.63, 3.8) is 0 Å². The molecule has 1 rings (SSSR count). The van der Waals surface area contributed by atoms with E-state index in [1.165, 1.54) is 29.2 Å². The first-order valence-electron chi connectivity index (χ1n) is 7.78. The smallest absolute Gasteiger partial charge is 0.253 e. The van der Waals surface area contributed by atoms with Crippen LogP contribution in [0.25, 0.3) is 0 Å². The van der Waals surface area contributed by atoms with Crippen LogP contribution >= 0.6 is 0 Å². The monoisotopic (exact) mass is 362 g/mol. The molecule has 7 nitrogen and oxygen atoms in total. The molecule has 0 aliphatic rings. The Hall–Kier alpha value is -2.42. The summed E-state index contributed by atoms with van der Waals surface area (Å²) in [6.45, 7) is 5.67. The molecule has 0 saturated heterocycles. The van der Waals surface area contributed by atoms with Gasteiger partial charge in [-0.15, -0.1) is 0 Å². The van der Waals surface area contributed by atoms with Gasteiger partial charge in [0.25, 0.3) is 5.91 Å². The number of amides is 1. The van der Waals surface area contributed by atoms with Crippen molar-refractivity contribution < 1.29 is 13.2 Å². The highest BCUT2D eigenvalue weighted by Gasteiger charge is 2.22. The largest absolute Gasteiger partial charge is 0.337 e. The molecule has 0 radical (unpaired) electrons. The van der Waals surface area contributed by atoms with Crippen molar-refractivity contribution in [3.05, 3.63) is 29.8 Å². The molecular formula is C17H22N4O3S. The number of nitrogens with one attached hydrogen (secondary N) is 1. The van der Waals surface area contributed by atoms with Gasteiger partial charge in [0.1, 0.15) is 0 Å². The van der Waals surface area contributed by atoms with Gasteiger partial charge in [0, 0.05) is 24.2 Å². The Balaban J connectivity index is 2.98.